The van der Waals surface area contributed by atoms with Crippen LogP contribution in [0.4, 0.5) is 0 Å². The summed E-state index contributed by atoms with van der Waals surface area (Å²) in [6.07, 6.45) is 0. The molecule has 0 amide bonds. The van der Waals surface area contributed by atoms with Crippen molar-refractivity contribution in [2.45, 2.75) is 12.7 Å². The SMILES string of the molecule is CCOc1cc(CS)ccc1OC. The summed E-state index contributed by atoms with van der Waals surface area (Å²) in [5.41, 5.74) is 1.13. The van der Waals surface area contributed by atoms with Gasteiger partial charge in [0.2, 0.25) is 0 Å². The summed E-state index contributed by atoms with van der Waals surface area (Å²) in [5.74, 6) is 2.27. The highest BCUT2D eigenvalue weighted by Crippen LogP contribution is 2.28. The molecule has 0 saturated carbocycles. The van der Waals surface area contributed by atoms with Crippen molar-refractivity contribution in [3.05, 3.63) is 23.8 Å². The second kappa shape index (κ2) is 5.02. The largest absolute Gasteiger partial charge is 0.493 e. The molecule has 0 aromatic heterocycles. The van der Waals surface area contributed by atoms with Crippen molar-refractivity contribution in [2.75, 3.05) is 13.7 Å². The van der Waals surface area contributed by atoms with E-state index in [1.165, 1.54) is 0 Å². The number of thiol groups is 1. The van der Waals surface area contributed by atoms with Crippen molar-refractivity contribution in [1.82, 2.24) is 0 Å². The molecule has 0 atom stereocenters. The van der Waals surface area contributed by atoms with Gasteiger partial charge in [-0.1, -0.05) is 6.07 Å². The van der Waals surface area contributed by atoms with Crippen LogP contribution in [0.2, 0.25) is 0 Å². The predicted octanol–water partition coefficient (Wildman–Crippen LogP) is 2.52. The summed E-state index contributed by atoms with van der Waals surface area (Å²) in [4.78, 5) is 0. The summed E-state index contributed by atoms with van der Waals surface area (Å²) < 4.78 is 10.6. The Labute approximate surface area is 84.3 Å². The zero-order valence-corrected chi connectivity index (χ0v) is 8.80. The van der Waals surface area contributed by atoms with Crippen LogP contribution in [-0.4, -0.2) is 13.7 Å². The zero-order chi connectivity index (χ0) is 9.68. The fraction of sp³-hybridized carbons (Fsp3) is 0.400. The maximum atomic E-state index is 5.41. The molecule has 0 fully saturated rings. The van der Waals surface area contributed by atoms with Crippen LogP contribution >= 0.6 is 12.6 Å². The van der Waals surface area contributed by atoms with Gasteiger partial charge in [0, 0.05) is 5.75 Å². The Balaban J connectivity index is 2.95. The van der Waals surface area contributed by atoms with Crippen LogP contribution in [0.15, 0.2) is 18.2 Å². The van der Waals surface area contributed by atoms with E-state index in [1.807, 2.05) is 25.1 Å². The standard InChI is InChI=1S/C10H14O2S/c1-3-12-10-6-8(7-13)4-5-9(10)11-2/h4-6,13H,3,7H2,1-2H3. The molecule has 0 heterocycles. The molecule has 0 bridgehead atoms. The highest BCUT2D eigenvalue weighted by Gasteiger charge is 2.03. The van der Waals surface area contributed by atoms with Crippen molar-refractivity contribution < 1.29 is 9.47 Å². The minimum atomic E-state index is 0.645. The molecule has 0 spiro atoms. The van der Waals surface area contributed by atoms with Crippen LogP contribution in [0, 0.1) is 0 Å². The lowest BCUT2D eigenvalue weighted by Gasteiger charge is -2.09. The summed E-state index contributed by atoms with van der Waals surface area (Å²) in [7, 11) is 1.64. The van der Waals surface area contributed by atoms with E-state index in [0.717, 1.165) is 17.1 Å². The Hall–Kier alpha value is -0.830. The van der Waals surface area contributed by atoms with Crippen LogP contribution < -0.4 is 9.47 Å². The highest BCUT2D eigenvalue weighted by atomic mass is 32.1. The van der Waals surface area contributed by atoms with Crippen LogP contribution in [0.25, 0.3) is 0 Å². The van der Waals surface area contributed by atoms with E-state index in [0.29, 0.717) is 12.4 Å². The molecule has 1 rings (SSSR count). The molecule has 3 heteroatoms. The van der Waals surface area contributed by atoms with Crippen molar-refractivity contribution in [1.29, 1.82) is 0 Å². The van der Waals surface area contributed by atoms with E-state index in [4.69, 9.17) is 9.47 Å². The molecule has 0 unspecified atom stereocenters. The molecule has 1 aromatic rings. The molecule has 0 aliphatic heterocycles. The van der Waals surface area contributed by atoms with E-state index >= 15 is 0 Å². The van der Waals surface area contributed by atoms with Gasteiger partial charge in [0.25, 0.3) is 0 Å². The quantitative estimate of drug-likeness (QED) is 0.749. The average Bonchev–Trinajstić information content (AvgIpc) is 2.18. The van der Waals surface area contributed by atoms with Crippen molar-refractivity contribution in [3.8, 4) is 11.5 Å². The molecule has 1 aromatic carbocycles. The monoisotopic (exact) mass is 198 g/mol. The van der Waals surface area contributed by atoms with E-state index in [1.54, 1.807) is 7.11 Å². The topological polar surface area (TPSA) is 18.5 Å². The van der Waals surface area contributed by atoms with Gasteiger partial charge in [-0.05, 0) is 24.6 Å². The Morgan fingerprint density at radius 1 is 1.31 bits per heavy atom. The van der Waals surface area contributed by atoms with Gasteiger partial charge in [-0.15, -0.1) is 0 Å². The molecule has 0 saturated heterocycles. The maximum Gasteiger partial charge on any atom is 0.161 e. The minimum Gasteiger partial charge on any atom is -0.493 e. The third-order valence-electron chi connectivity index (χ3n) is 1.71. The van der Waals surface area contributed by atoms with Gasteiger partial charge in [0.15, 0.2) is 11.5 Å². The second-order valence-corrected chi connectivity index (χ2v) is 2.89. The lowest BCUT2D eigenvalue weighted by atomic mass is 10.2. The lowest BCUT2D eigenvalue weighted by molar-refractivity contribution is 0.310. The fourth-order valence-corrected chi connectivity index (χ4v) is 1.28. The van der Waals surface area contributed by atoms with Crippen molar-refractivity contribution in [2.24, 2.45) is 0 Å². The van der Waals surface area contributed by atoms with Crippen LogP contribution in [0.5, 0.6) is 11.5 Å². The molecule has 0 aliphatic carbocycles. The number of ether oxygens (including phenoxy) is 2. The van der Waals surface area contributed by atoms with Crippen molar-refractivity contribution >= 4 is 12.6 Å². The van der Waals surface area contributed by atoms with E-state index in [2.05, 4.69) is 12.6 Å². The predicted molar refractivity (Wildman–Crippen MR) is 56.9 cm³/mol. The van der Waals surface area contributed by atoms with Gasteiger partial charge in [0.1, 0.15) is 0 Å². The van der Waals surface area contributed by atoms with Gasteiger partial charge in [-0.3, -0.25) is 0 Å². The zero-order valence-electron chi connectivity index (χ0n) is 7.91. The normalized spacial score (nSPS) is 9.77. The molecule has 72 valence electrons. The Kier molecular flexibility index (Phi) is 3.96. The van der Waals surface area contributed by atoms with E-state index in [-0.39, 0.29) is 0 Å². The fourth-order valence-electron chi connectivity index (χ4n) is 1.09. The second-order valence-electron chi connectivity index (χ2n) is 2.58. The summed E-state index contributed by atoms with van der Waals surface area (Å²) in [5, 5.41) is 0. The average molecular weight is 198 g/mol. The van der Waals surface area contributed by atoms with Gasteiger partial charge in [-0.2, -0.15) is 12.6 Å². The first-order chi connectivity index (χ1) is 6.31. The number of methoxy groups -OCH3 is 1. The molecule has 0 aliphatic rings. The molecule has 2 nitrogen and oxygen atoms in total. The summed E-state index contributed by atoms with van der Waals surface area (Å²) in [6, 6.07) is 5.83. The van der Waals surface area contributed by atoms with Gasteiger partial charge in [0.05, 0.1) is 13.7 Å². The molecule has 0 N–H and O–H groups in total. The summed E-state index contributed by atoms with van der Waals surface area (Å²) in [6.45, 7) is 2.60. The first-order valence-electron chi connectivity index (χ1n) is 4.22. The lowest BCUT2D eigenvalue weighted by Crippen LogP contribution is -1.95. The highest BCUT2D eigenvalue weighted by molar-refractivity contribution is 7.79. The van der Waals surface area contributed by atoms with E-state index in [9.17, 15) is 0 Å². The number of hydrogen-bond donors (Lipinski definition) is 1. The third-order valence-corrected chi connectivity index (χ3v) is 2.08. The Bertz CT molecular complexity index is 274. The van der Waals surface area contributed by atoms with Gasteiger partial charge >= 0.3 is 0 Å². The number of rotatable bonds is 4. The smallest absolute Gasteiger partial charge is 0.161 e. The Morgan fingerprint density at radius 2 is 2.08 bits per heavy atom. The van der Waals surface area contributed by atoms with Gasteiger partial charge in [-0.25, -0.2) is 0 Å². The molecular formula is C10H14O2S. The van der Waals surface area contributed by atoms with Gasteiger partial charge < -0.3 is 9.47 Å². The maximum absolute atomic E-state index is 5.41. The molecular weight excluding hydrogens is 184 g/mol. The summed E-state index contributed by atoms with van der Waals surface area (Å²) >= 11 is 4.19. The molecule has 13 heavy (non-hydrogen) atoms. The molecule has 0 radical (unpaired) electrons. The van der Waals surface area contributed by atoms with Crippen LogP contribution in [-0.2, 0) is 5.75 Å². The van der Waals surface area contributed by atoms with E-state index < -0.39 is 0 Å². The number of benzene rings is 1. The minimum absolute atomic E-state index is 0.645. The van der Waals surface area contributed by atoms with Crippen LogP contribution in [0.1, 0.15) is 12.5 Å². The first-order valence-corrected chi connectivity index (χ1v) is 4.85. The third kappa shape index (κ3) is 2.56. The Morgan fingerprint density at radius 3 is 2.62 bits per heavy atom. The number of hydrogen-bond acceptors (Lipinski definition) is 3. The van der Waals surface area contributed by atoms with Crippen molar-refractivity contribution in [3.63, 3.8) is 0 Å². The first kappa shape index (κ1) is 10.3. The van der Waals surface area contributed by atoms with Crippen LogP contribution in [0.3, 0.4) is 0 Å².